The van der Waals surface area contributed by atoms with Crippen molar-refractivity contribution in [3.63, 3.8) is 0 Å². The van der Waals surface area contributed by atoms with Crippen LogP contribution in [-0.4, -0.2) is 46.7 Å². The van der Waals surface area contributed by atoms with E-state index in [1.54, 1.807) is 0 Å². The number of aliphatic hydroxyl groups is 2. The molecule has 2 N–H and O–H groups in total. The molecule has 5 nitrogen and oxygen atoms in total. The zero-order valence-corrected chi connectivity index (χ0v) is 11.5. The van der Waals surface area contributed by atoms with Gasteiger partial charge in [0.15, 0.2) is 11.5 Å². The molecule has 1 unspecified atom stereocenters. The highest BCUT2D eigenvalue weighted by molar-refractivity contribution is 5.54. The molecule has 5 heteroatoms. The number of hydrogen-bond donors (Lipinski definition) is 2. The third kappa shape index (κ3) is 1.56. The van der Waals surface area contributed by atoms with Gasteiger partial charge in [0.2, 0.25) is 6.79 Å². The van der Waals surface area contributed by atoms with Gasteiger partial charge >= 0.3 is 0 Å². The number of fused-ring (bicyclic) bond motifs is 8. The molecule has 1 aliphatic carbocycles. The fraction of sp³-hybridized carbons (Fsp3) is 0.500. The largest absolute Gasteiger partial charge is 0.454 e. The van der Waals surface area contributed by atoms with Crippen LogP contribution in [0.5, 0.6) is 11.5 Å². The fourth-order valence-electron chi connectivity index (χ4n) is 4.23. The maximum Gasteiger partial charge on any atom is 0.231 e. The Kier molecular flexibility index (Phi) is 2.29. The van der Waals surface area contributed by atoms with Gasteiger partial charge in [-0.15, -0.1) is 0 Å². The predicted molar refractivity (Wildman–Crippen MR) is 74.2 cm³/mol. The molecule has 1 fully saturated rings. The van der Waals surface area contributed by atoms with Crippen LogP contribution in [0, 0.1) is 0 Å². The van der Waals surface area contributed by atoms with Crippen molar-refractivity contribution in [1.82, 2.24) is 4.90 Å². The molecule has 0 spiro atoms. The molecule has 1 aromatic carbocycles. The Balaban J connectivity index is 1.63. The topological polar surface area (TPSA) is 62.2 Å². The van der Waals surface area contributed by atoms with Crippen LogP contribution in [0.3, 0.4) is 0 Å². The SMILES string of the molecule is O[C@H]1C=C2[C@H]3CN(Cc4cc5c(cc43)OCO5)[C@@H]2C[C@@H]1O. The van der Waals surface area contributed by atoms with Crippen molar-refractivity contribution in [2.75, 3.05) is 13.3 Å². The summed E-state index contributed by atoms with van der Waals surface area (Å²) in [4.78, 5) is 2.40. The first-order valence-electron chi connectivity index (χ1n) is 7.45. The first kappa shape index (κ1) is 12.0. The van der Waals surface area contributed by atoms with Crippen LogP contribution < -0.4 is 9.47 Å². The van der Waals surface area contributed by atoms with Crippen molar-refractivity contribution < 1.29 is 19.7 Å². The third-order valence-corrected chi connectivity index (χ3v) is 5.25. The molecule has 3 heterocycles. The van der Waals surface area contributed by atoms with E-state index in [0.717, 1.165) is 24.6 Å². The van der Waals surface area contributed by atoms with Crippen LogP contribution in [0.4, 0.5) is 0 Å². The van der Waals surface area contributed by atoms with Crippen LogP contribution in [0.1, 0.15) is 23.5 Å². The minimum absolute atomic E-state index is 0.248. The molecule has 5 rings (SSSR count). The molecule has 0 amide bonds. The smallest absolute Gasteiger partial charge is 0.231 e. The standard InChI is InChI=1S/C16H17NO4/c18-13-2-10-11-6-17(12(10)4-14(13)19)5-8-1-15-16(3-9(8)11)21-7-20-15/h1-3,11-14,18-19H,4-7H2/t11-,12+,13-,14-/m0/s1. The highest BCUT2D eigenvalue weighted by atomic mass is 16.7. The monoisotopic (exact) mass is 287 g/mol. The number of hydrogen-bond acceptors (Lipinski definition) is 5. The van der Waals surface area contributed by atoms with Crippen molar-refractivity contribution in [2.24, 2.45) is 0 Å². The zero-order valence-electron chi connectivity index (χ0n) is 11.5. The molecule has 0 aromatic heterocycles. The molecule has 5 atom stereocenters. The number of ether oxygens (including phenoxy) is 2. The number of rotatable bonds is 0. The summed E-state index contributed by atoms with van der Waals surface area (Å²) in [6, 6.07) is 4.43. The van der Waals surface area contributed by atoms with Crippen LogP contribution in [0.25, 0.3) is 0 Å². The Morgan fingerprint density at radius 1 is 1.14 bits per heavy atom. The van der Waals surface area contributed by atoms with Gasteiger partial charge in [-0.2, -0.15) is 0 Å². The van der Waals surface area contributed by atoms with E-state index in [1.165, 1.54) is 16.7 Å². The highest BCUT2D eigenvalue weighted by Gasteiger charge is 2.46. The quantitative estimate of drug-likeness (QED) is 0.690. The minimum atomic E-state index is -0.741. The van der Waals surface area contributed by atoms with Crippen LogP contribution in [-0.2, 0) is 6.54 Å². The van der Waals surface area contributed by atoms with Crippen molar-refractivity contribution in [3.05, 3.63) is 34.9 Å². The van der Waals surface area contributed by atoms with Crippen molar-refractivity contribution in [3.8, 4) is 11.5 Å². The van der Waals surface area contributed by atoms with E-state index in [2.05, 4.69) is 17.0 Å². The molecule has 110 valence electrons. The van der Waals surface area contributed by atoms with Gasteiger partial charge in [-0.25, -0.2) is 0 Å². The number of benzene rings is 1. The van der Waals surface area contributed by atoms with Gasteiger partial charge in [0.05, 0.1) is 12.2 Å². The lowest BCUT2D eigenvalue weighted by molar-refractivity contribution is 0.0208. The number of nitrogens with zero attached hydrogens (tertiary/aromatic N) is 1. The van der Waals surface area contributed by atoms with Gasteiger partial charge < -0.3 is 19.7 Å². The van der Waals surface area contributed by atoms with E-state index in [9.17, 15) is 10.2 Å². The van der Waals surface area contributed by atoms with E-state index >= 15 is 0 Å². The van der Waals surface area contributed by atoms with Crippen LogP contribution in [0.15, 0.2) is 23.8 Å². The molecule has 0 radical (unpaired) electrons. The maximum atomic E-state index is 9.96. The second-order valence-electron chi connectivity index (χ2n) is 6.36. The first-order valence-corrected chi connectivity index (χ1v) is 7.45. The third-order valence-electron chi connectivity index (χ3n) is 5.25. The summed E-state index contributed by atoms with van der Waals surface area (Å²) in [6.07, 6.45) is 1.08. The summed E-state index contributed by atoms with van der Waals surface area (Å²) in [7, 11) is 0. The normalized spacial score (nSPS) is 38.8. The summed E-state index contributed by atoms with van der Waals surface area (Å²) < 4.78 is 11.0. The lowest BCUT2D eigenvalue weighted by Gasteiger charge is -2.31. The first-order chi connectivity index (χ1) is 10.2. The van der Waals surface area contributed by atoms with E-state index in [0.29, 0.717) is 19.1 Å². The van der Waals surface area contributed by atoms with Crippen molar-refractivity contribution >= 4 is 0 Å². The van der Waals surface area contributed by atoms with E-state index < -0.39 is 12.2 Å². The zero-order chi connectivity index (χ0) is 14.1. The van der Waals surface area contributed by atoms with Gasteiger partial charge in [-0.3, -0.25) is 4.90 Å². The summed E-state index contributed by atoms with van der Waals surface area (Å²) in [5.41, 5.74) is 3.81. The van der Waals surface area contributed by atoms with E-state index in [-0.39, 0.29) is 6.04 Å². The summed E-state index contributed by atoms with van der Waals surface area (Å²) >= 11 is 0. The molecule has 0 saturated carbocycles. The molecule has 2 bridgehead atoms. The Morgan fingerprint density at radius 2 is 1.95 bits per heavy atom. The van der Waals surface area contributed by atoms with Crippen LogP contribution in [0.2, 0.25) is 0 Å². The number of aliphatic hydroxyl groups excluding tert-OH is 2. The highest BCUT2D eigenvalue weighted by Crippen LogP contribution is 2.49. The average Bonchev–Trinajstić information content (AvgIpc) is 3.03. The summed E-state index contributed by atoms with van der Waals surface area (Å²) in [5, 5.41) is 19.9. The van der Waals surface area contributed by atoms with Gasteiger partial charge in [0, 0.05) is 25.0 Å². The Labute approximate surface area is 122 Å². The minimum Gasteiger partial charge on any atom is -0.454 e. The summed E-state index contributed by atoms with van der Waals surface area (Å²) in [5.74, 6) is 1.95. The second kappa shape index (κ2) is 4.00. The molecule has 3 aliphatic heterocycles. The van der Waals surface area contributed by atoms with Gasteiger partial charge in [0.25, 0.3) is 0 Å². The average molecular weight is 287 g/mol. The Morgan fingerprint density at radius 3 is 2.81 bits per heavy atom. The second-order valence-corrected chi connectivity index (χ2v) is 6.36. The molecular weight excluding hydrogens is 270 g/mol. The Bertz CT molecular complexity index is 656. The lowest BCUT2D eigenvalue weighted by atomic mass is 9.82. The Hall–Kier alpha value is -1.56. The summed E-state index contributed by atoms with van der Waals surface area (Å²) in [6.45, 7) is 2.12. The molecule has 4 aliphatic rings. The van der Waals surface area contributed by atoms with Crippen molar-refractivity contribution in [1.29, 1.82) is 0 Å². The molecule has 1 aromatic rings. The maximum absolute atomic E-state index is 9.96. The van der Waals surface area contributed by atoms with Crippen molar-refractivity contribution in [2.45, 2.75) is 37.1 Å². The predicted octanol–water partition coefficient (Wildman–Crippen LogP) is 0.749. The fourth-order valence-corrected chi connectivity index (χ4v) is 4.23. The van der Waals surface area contributed by atoms with Crippen LogP contribution >= 0.6 is 0 Å². The van der Waals surface area contributed by atoms with Gasteiger partial charge in [-0.05, 0) is 35.3 Å². The van der Waals surface area contributed by atoms with Gasteiger partial charge in [-0.1, -0.05) is 6.08 Å². The van der Waals surface area contributed by atoms with E-state index in [4.69, 9.17) is 9.47 Å². The molecule has 21 heavy (non-hydrogen) atoms. The lowest BCUT2D eigenvalue weighted by Crippen LogP contribution is -2.39. The molecule has 1 saturated heterocycles. The molecular formula is C16H17NO4. The van der Waals surface area contributed by atoms with E-state index in [1.807, 2.05) is 6.08 Å². The van der Waals surface area contributed by atoms with Gasteiger partial charge in [0.1, 0.15) is 0 Å².